The molecule has 0 unspecified atom stereocenters. The SMILES string of the molecule is CC(C)c1ccc(CN(c2ccccc2)S(C)(=O)=O)cc1. The quantitative estimate of drug-likeness (QED) is 0.843. The highest BCUT2D eigenvalue weighted by Crippen LogP contribution is 2.21. The number of anilines is 1. The summed E-state index contributed by atoms with van der Waals surface area (Å²) in [4.78, 5) is 0. The second kappa shape index (κ2) is 6.31. The Labute approximate surface area is 127 Å². The van der Waals surface area contributed by atoms with E-state index in [4.69, 9.17) is 0 Å². The summed E-state index contributed by atoms with van der Waals surface area (Å²) in [6, 6.07) is 17.3. The highest BCUT2D eigenvalue weighted by Gasteiger charge is 2.17. The van der Waals surface area contributed by atoms with Crippen molar-refractivity contribution in [1.82, 2.24) is 0 Å². The highest BCUT2D eigenvalue weighted by atomic mass is 32.2. The molecule has 0 atom stereocenters. The van der Waals surface area contributed by atoms with Crippen LogP contribution in [-0.2, 0) is 16.6 Å². The van der Waals surface area contributed by atoms with E-state index in [1.54, 1.807) is 0 Å². The van der Waals surface area contributed by atoms with Crippen molar-refractivity contribution in [2.24, 2.45) is 0 Å². The Morgan fingerprint density at radius 3 is 2.00 bits per heavy atom. The summed E-state index contributed by atoms with van der Waals surface area (Å²) in [6.07, 6.45) is 1.24. The molecule has 0 heterocycles. The van der Waals surface area contributed by atoms with Crippen LogP contribution in [0.3, 0.4) is 0 Å². The Hall–Kier alpha value is -1.81. The fourth-order valence-corrected chi connectivity index (χ4v) is 3.06. The van der Waals surface area contributed by atoms with Gasteiger partial charge in [0.1, 0.15) is 0 Å². The van der Waals surface area contributed by atoms with Gasteiger partial charge in [-0.05, 0) is 29.2 Å². The van der Waals surface area contributed by atoms with Crippen molar-refractivity contribution in [3.05, 3.63) is 65.7 Å². The molecule has 0 amide bonds. The fourth-order valence-electron chi connectivity index (χ4n) is 2.17. The molecule has 21 heavy (non-hydrogen) atoms. The van der Waals surface area contributed by atoms with Crippen molar-refractivity contribution in [3.8, 4) is 0 Å². The molecule has 0 N–H and O–H groups in total. The Morgan fingerprint density at radius 2 is 1.52 bits per heavy atom. The van der Waals surface area contributed by atoms with E-state index in [1.807, 2.05) is 42.5 Å². The van der Waals surface area contributed by atoms with E-state index < -0.39 is 10.0 Å². The molecule has 4 heteroatoms. The average molecular weight is 303 g/mol. The first-order valence-corrected chi connectivity index (χ1v) is 8.84. The Bertz CT molecular complexity index is 676. The third-order valence-electron chi connectivity index (χ3n) is 3.42. The van der Waals surface area contributed by atoms with Crippen LogP contribution in [0.25, 0.3) is 0 Å². The van der Waals surface area contributed by atoms with E-state index in [0.717, 1.165) is 5.56 Å². The highest BCUT2D eigenvalue weighted by molar-refractivity contribution is 7.92. The standard InChI is InChI=1S/C17H21NO2S/c1-14(2)16-11-9-15(10-12-16)13-18(21(3,19)20)17-7-5-4-6-8-17/h4-12,14H,13H2,1-3H3. The number of sulfonamides is 1. The monoisotopic (exact) mass is 303 g/mol. The molecule has 0 saturated carbocycles. The normalized spacial score (nSPS) is 11.6. The molecule has 0 aliphatic heterocycles. The fraction of sp³-hybridized carbons (Fsp3) is 0.294. The lowest BCUT2D eigenvalue weighted by atomic mass is 10.0. The predicted molar refractivity (Wildman–Crippen MR) is 88.0 cm³/mol. The van der Waals surface area contributed by atoms with Crippen LogP contribution in [0.1, 0.15) is 30.9 Å². The minimum absolute atomic E-state index is 0.348. The predicted octanol–water partition coefficient (Wildman–Crippen LogP) is 3.78. The third kappa shape index (κ3) is 4.08. The Morgan fingerprint density at radius 1 is 0.952 bits per heavy atom. The van der Waals surface area contributed by atoms with Gasteiger partial charge in [-0.3, -0.25) is 4.31 Å². The minimum Gasteiger partial charge on any atom is -0.266 e. The Balaban J connectivity index is 2.28. The van der Waals surface area contributed by atoms with Crippen LogP contribution in [0.15, 0.2) is 54.6 Å². The van der Waals surface area contributed by atoms with Crippen molar-refractivity contribution in [1.29, 1.82) is 0 Å². The summed E-state index contributed by atoms with van der Waals surface area (Å²) in [7, 11) is -3.31. The molecule has 112 valence electrons. The largest absolute Gasteiger partial charge is 0.266 e. The zero-order chi connectivity index (χ0) is 15.5. The summed E-state index contributed by atoms with van der Waals surface area (Å²) >= 11 is 0. The van der Waals surface area contributed by atoms with Gasteiger partial charge < -0.3 is 0 Å². The van der Waals surface area contributed by atoms with Crippen LogP contribution in [0.2, 0.25) is 0 Å². The number of benzene rings is 2. The van der Waals surface area contributed by atoms with Crippen LogP contribution in [0.5, 0.6) is 0 Å². The first-order valence-electron chi connectivity index (χ1n) is 6.99. The molecule has 0 aliphatic rings. The second-order valence-electron chi connectivity index (χ2n) is 5.50. The molecule has 3 nitrogen and oxygen atoms in total. The molecule has 0 aromatic heterocycles. The van der Waals surface area contributed by atoms with E-state index in [9.17, 15) is 8.42 Å². The second-order valence-corrected chi connectivity index (χ2v) is 7.41. The van der Waals surface area contributed by atoms with Gasteiger partial charge in [0.2, 0.25) is 10.0 Å². The van der Waals surface area contributed by atoms with Gasteiger partial charge >= 0.3 is 0 Å². The van der Waals surface area contributed by atoms with Crippen LogP contribution in [0.4, 0.5) is 5.69 Å². The van der Waals surface area contributed by atoms with E-state index in [-0.39, 0.29) is 0 Å². The van der Waals surface area contributed by atoms with Gasteiger partial charge in [0.05, 0.1) is 18.5 Å². The molecule has 0 bridgehead atoms. The zero-order valence-electron chi connectivity index (χ0n) is 12.7. The summed E-state index contributed by atoms with van der Waals surface area (Å²) in [5.41, 5.74) is 2.92. The van der Waals surface area contributed by atoms with Gasteiger partial charge in [-0.1, -0.05) is 56.3 Å². The molecule has 2 rings (SSSR count). The third-order valence-corrected chi connectivity index (χ3v) is 4.56. The minimum atomic E-state index is -3.31. The molecule has 2 aromatic carbocycles. The van der Waals surface area contributed by atoms with Crippen molar-refractivity contribution < 1.29 is 8.42 Å². The van der Waals surface area contributed by atoms with Gasteiger partial charge in [-0.25, -0.2) is 8.42 Å². The lowest BCUT2D eigenvalue weighted by Gasteiger charge is -2.22. The molecule has 2 aromatic rings. The van der Waals surface area contributed by atoms with Crippen LogP contribution >= 0.6 is 0 Å². The molecule has 0 fully saturated rings. The summed E-state index contributed by atoms with van der Waals surface area (Å²) in [5, 5.41) is 0. The summed E-state index contributed by atoms with van der Waals surface area (Å²) < 4.78 is 25.5. The van der Waals surface area contributed by atoms with E-state index >= 15 is 0 Å². The van der Waals surface area contributed by atoms with Crippen molar-refractivity contribution in [2.75, 3.05) is 10.6 Å². The molecule has 0 saturated heterocycles. The van der Waals surface area contributed by atoms with Crippen molar-refractivity contribution in [3.63, 3.8) is 0 Å². The maximum atomic E-state index is 12.0. The molecular formula is C17H21NO2S. The number of para-hydroxylation sites is 1. The number of hydrogen-bond donors (Lipinski definition) is 0. The Kier molecular flexibility index (Phi) is 4.68. The van der Waals surface area contributed by atoms with E-state index in [0.29, 0.717) is 18.2 Å². The van der Waals surface area contributed by atoms with Crippen LogP contribution < -0.4 is 4.31 Å². The maximum Gasteiger partial charge on any atom is 0.232 e. The summed E-state index contributed by atoms with van der Waals surface area (Å²) in [5.74, 6) is 0.471. The van der Waals surface area contributed by atoms with Gasteiger partial charge in [0, 0.05) is 0 Å². The first kappa shape index (κ1) is 15.6. The van der Waals surface area contributed by atoms with Crippen LogP contribution in [0, 0.1) is 0 Å². The topological polar surface area (TPSA) is 37.4 Å². The van der Waals surface area contributed by atoms with Gasteiger partial charge in [-0.15, -0.1) is 0 Å². The van der Waals surface area contributed by atoms with E-state index in [2.05, 4.69) is 26.0 Å². The smallest absolute Gasteiger partial charge is 0.232 e. The molecule has 0 aliphatic carbocycles. The van der Waals surface area contributed by atoms with Crippen molar-refractivity contribution >= 4 is 15.7 Å². The molecule has 0 spiro atoms. The van der Waals surface area contributed by atoms with Crippen LogP contribution in [-0.4, -0.2) is 14.7 Å². The van der Waals surface area contributed by atoms with E-state index in [1.165, 1.54) is 16.1 Å². The maximum absolute atomic E-state index is 12.0. The zero-order valence-corrected chi connectivity index (χ0v) is 13.5. The number of hydrogen-bond acceptors (Lipinski definition) is 2. The number of nitrogens with zero attached hydrogens (tertiary/aromatic N) is 1. The van der Waals surface area contributed by atoms with Crippen molar-refractivity contribution in [2.45, 2.75) is 26.3 Å². The van der Waals surface area contributed by atoms with Gasteiger partial charge in [-0.2, -0.15) is 0 Å². The number of rotatable bonds is 5. The molecular weight excluding hydrogens is 282 g/mol. The first-order chi connectivity index (χ1) is 9.88. The summed E-state index contributed by atoms with van der Waals surface area (Å²) in [6.45, 7) is 4.63. The average Bonchev–Trinajstić information content (AvgIpc) is 2.45. The van der Waals surface area contributed by atoms with Gasteiger partial charge in [0.25, 0.3) is 0 Å². The lowest BCUT2D eigenvalue weighted by Crippen LogP contribution is -2.29. The lowest BCUT2D eigenvalue weighted by molar-refractivity contribution is 0.596. The van der Waals surface area contributed by atoms with Gasteiger partial charge in [0.15, 0.2) is 0 Å². The molecule has 0 radical (unpaired) electrons.